The lowest BCUT2D eigenvalue weighted by Crippen LogP contribution is -2.13. The molecular weight excluding hydrogens is 256 g/mol. The van der Waals surface area contributed by atoms with Gasteiger partial charge >= 0.3 is 0 Å². The molecule has 0 saturated carbocycles. The molecule has 1 aromatic heterocycles. The maximum Gasteiger partial charge on any atom is 0.0943 e. The molecule has 0 radical (unpaired) electrons. The Morgan fingerprint density at radius 3 is 2.81 bits per heavy atom. The van der Waals surface area contributed by atoms with Crippen molar-refractivity contribution in [2.75, 3.05) is 0 Å². The quantitative estimate of drug-likeness (QED) is 0.745. The fourth-order valence-electron chi connectivity index (χ4n) is 3.36. The number of aromatic nitrogens is 1. The lowest BCUT2D eigenvalue weighted by Gasteiger charge is -2.24. The Hall–Kier alpha value is -2.27. The second-order valence-corrected chi connectivity index (χ2v) is 5.67. The van der Waals surface area contributed by atoms with Gasteiger partial charge in [0.2, 0.25) is 0 Å². The number of nitriles is 1. The summed E-state index contributed by atoms with van der Waals surface area (Å²) in [6.45, 7) is 4.27. The first-order valence-electron chi connectivity index (χ1n) is 7.57. The Morgan fingerprint density at radius 1 is 1.33 bits per heavy atom. The number of aryl methyl sites for hydroxylation is 1. The highest BCUT2D eigenvalue weighted by molar-refractivity contribution is 5.88. The van der Waals surface area contributed by atoms with Crippen LogP contribution in [0.4, 0.5) is 0 Å². The van der Waals surface area contributed by atoms with Crippen LogP contribution in [0.5, 0.6) is 0 Å². The Morgan fingerprint density at radius 2 is 2.14 bits per heavy atom. The Kier molecular flexibility index (Phi) is 3.66. The minimum Gasteiger partial charge on any atom is -0.337 e. The molecule has 1 heterocycles. The summed E-state index contributed by atoms with van der Waals surface area (Å²) in [5.74, 6) is 0. The van der Waals surface area contributed by atoms with Gasteiger partial charge in [-0.25, -0.2) is 0 Å². The summed E-state index contributed by atoms with van der Waals surface area (Å²) < 4.78 is 2.47. The highest BCUT2D eigenvalue weighted by Gasteiger charge is 2.21. The molecule has 1 unspecified atom stereocenters. The summed E-state index contributed by atoms with van der Waals surface area (Å²) in [5, 5.41) is 10.4. The molecule has 0 saturated heterocycles. The molecule has 1 atom stereocenters. The molecule has 0 bridgehead atoms. The van der Waals surface area contributed by atoms with Gasteiger partial charge in [0.15, 0.2) is 0 Å². The van der Waals surface area contributed by atoms with Gasteiger partial charge in [-0.05, 0) is 50.8 Å². The van der Waals surface area contributed by atoms with E-state index in [2.05, 4.69) is 67.0 Å². The fraction of sp³-hybridized carbons (Fsp3) is 0.316. The van der Waals surface area contributed by atoms with Gasteiger partial charge in [-0.3, -0.25) is 0 Å². The molecule has 1 aliphatic rings. The number of benzene rings is 1. The van der Waals surface area contributed by atoms with E-state index in [1.807, 2.05) is 0 Å². The standard InChI is InChI=1S/C19H20N2/c1-3-6-18-14(2)17-7-4-5-8-19(17)21(18)16-11-9-15(13-20)10-12-16/h3-9,16H,10-12H2,1-2H3/b6-3-. The van der Waals surface area contributed by atoms with Crippen molar-refractivity contribution >= 4 is 17.0 Å². The zero-order valence-corrected chi connectivity index (χ0v) is 12.6. The van der Waals surface area contributed by atoms with Crippen molar-refractivity contribution < 1.29 is 0 Å². The highest BCUT2D eigenvalue weighted by atomic mass is 15.0. The third-order valence-corrected chi connectivity index (χ3v) is 4.43. The van der Waals surface area contributed by atoms with Crippen molar-refractivity contribution in [1.82, 2.24) is 4.57 Å². The molecule has 2 heteroatoms. The predicted octanol–water partition coefficient (Wildman–Crippen LogP) is 5.16. The second-order valence-electron chi connectivity index (χ2n) is 5.67. The van der Waals surface area contributed by atoms with Gasteiger partial charge in [0.05, 0.1) is 6.07 Å². The third-order valence-electron chi connectivity index (χ3n) is 4.43. The topological polar surface area (TPSA) is 28.7 Å². The molecule has 0 N–H and O–H groups in total. The van der Waals surface area contributed by atoms with E-state index in [0.29, 0.717) is 6.04 Å². The molecule has 0 spiro atoms. The Balaban J connectivity index is 2.16. The van der Waals surface area contributed by atoms with Crippen LogP contribution in [0.15, 0.2) is 42.0 Å². The summed E-state index contributed by atoms with van der Waals surface area (Å²) in [6.07, 6.45) is 9.31. The van der Waals surface area contributed by atoms with Crippen LogP contribution in [0, 0.1) is 18.3 Å². The number of fused-ring (bicyclic) bond motifs is 1. The lowest BCUT2D eigenvalue weighted by molar-refractivity contribution is 0.466. The normalized spacial score (nSPS) is 18.9. The number of para-hydroxylation sites is 1. The maximum atomic E-state index is 9.03. The summed E-state index contributed by atoms with van der Waals surface area (Å²) in [4.78, 5) is 0. The zero-order chi connectivity index (χ0) is 14.8. The van der Waals surface area contributed by atoms with E-state index in [4.69, 9.17) is 5.26 Å². The van der Waals surface area contributed by atoms with E-state index in [1.165, 1.54) is 22.2 Å². The van der Waals surface area contributed by atoms with Crippen LogP contribution in [0.25, 0.3) is 17.0 Å². The summed E-state index contributed by atoms with van der Waals surface area (Å²) in [6, 6.07) is 11.4. The van der Waals surface area contributed by atoms with Gasteiger partial charge < -0.3 is 4.57 Å². The number of hydrogen-bond acceptors (Lipinski definition) is 1. The van der Waals surface area contributed by atoms with Crippen LogP contribution in [0.2, 0.25) is 0 Å². The van der Waals surface area contributed by atoms with Crippen molar-refractivity contribution in [2.45, 2.75) is 39.2 Å². The van der Waals surface area contributed by atoms with Gasteiger partial charge in [-0.1, -0.05) is 30.4 Å². The van der Waals surface area contributed by atoms with Crippen LogP contribution in [0.3, 0.4) is 0 Å². The summed E-state index contributed by atoms with van der Waals surface area (Å²) in [5.41, 5.74) is 4.89. The lowest BCUT2D eigenvalue weighted by atomic mass is 9.95. The van der Waals surface area contributed by atoms with Crippen molar-refractivity contribution in [2.24, 2.45) is 0 Å². The van der Waals surface area contributed by atoms with Crippen LogP contribution in [-0.2, 0) is 0 Å². The van der Waals surface area contributed by atoms with E-state index in [0.717, 1.165) is 24.8 Å². The number of nitrogens with zero attached hydrogens (tertiary/aromatic N) is 2. The number of hydrogen-bond donors (Lipinski definition) is 0. The Bertz CT molecular complexity index is 769. The van der Waals surface area contributed by atoms with Gasteiger partial charge in [-0.15, -0.1) is 0 Å². The first kappa shape index (κ1) is 13.7. The Labute approximate surface area is 126 Å². The van der Waals surface area contributed by atoms with Crippen LogP contribution >= 0.6 is 0 Å². The summed E-state index contributed by atoms with van der Waals surface area (Å²) in [7, 11) is 0. The second kappa shape index (κ2) is 5.61. The molecule has 0 amide bonds. The monoisotopic (exact) mass is 276 g/mol. The SMILES string of the molecule is C/C=C\c1c(C)c2ccccc2n1C1CC=C(C#N)CC1. The average Bonchev–Trinajstić information content (AvgIpc) is 2.81. The molecular formula is C19H20N2. The van der Waals surface area contributed by atoms with Crippen molar-refractivity contribution in [3.05, 3.63) is 53.2 Å². The van der Waals surface area contributed by atoms with Crippen molar-refractivity contribution in [1.29, 1.82) is 5.26 Å². The molecule has 106 valence electrons. The molecule has 21 heavy (non-hydrogen) atoms. The van der Waals surface area contributed by atoms with Crippen molar-refractivity contribution in [3.63, 3.8) is 0 Å². The molecule has 0 fully saturated rings. The highest BCUT2D eigenvalue weighted by Crippen LogP contribution is 2.35. The van der Waals surface area contributed by atoms with Crippen LogP contribution in [-0.4, -0.2) is 4.57 Å². The predicted molar refractivity (Wildman–Crippen MR) is 88.0 cm³/mol. The van der Waals surface area contributed by atoms with Gasteiger partial charge in [0.25, 0.3) is 0 Å². The smallest absolute Gasteiger partial charge is 0.0943 e. The molecule has 0 aliphatic heterocycles. The van der Waals surface area contributed by atoms with Gasteiger partial charge in [0.1, 0.15) is 0 Å². The number of rotatable bonds is 2. The first-order valence-corrected chi connectivity index (χ1v) is 7.57. The minimum absolute atomic E-state index is 0.451. The largest absolute Gasteiger partial charge is 0.337 e. The van der Waals surface area contributed by atoms with Gasteiger partial charge in [0, 0.05) is 28.2 Å². The third kappa shape index (κ3) is 2.29. The zero-order valence-electron chi connectivity index (χ0n) is 12.6. The first-order chi connectivity index (χ1) is 10.3. The van der Waals surface area contributed by atoms with E-state index in [-0.39, 0.29) is 0 Å². The molecule has 3 rings (SSSR count). The van der Waals surface area contributed by atoms with Gasteiger partial charge in [-0.2, -0.15) is 5.26 Å². The van der Waals surface area contributed by atoms with E-state index >= 15 is 0 Å². The van der Waals surface area contributed by atoms with E-state index in [1.54, 1.807) is 0 Å². The van der Waals surface area contributed by atoms with Crippen molar-refractivity contribution in [3.8, 4) is 6.07 Å². The summed E-state index contributed by atoms with van der Waals surface area (Å²) >= 11 is 0. The average molecular weight is 276 g/mol. The van der Waals surface area contributed by atoms with E-state index in [9.17, 15) is 0 Å². The minimum atomic E-state index is 0.451. The van der Waals surface area contributed by atoms with E-state index < -0.39 is 0 Å². The van der Waals surface area contributed by atoms with Crippen LogP contribution in [0.1, 0.15) is 43.5 Å². The number of allylic oxidation sites excluding steroid dienone is 3. The van der Waals surface area contributed by atoms with Crippen LogP contribution < -0.4 is 0 Å². The molecule has 1 aliphatic carbocycles. The maximum absolute atomic E-state index is 9.03. The molecule has 2 nitrogen and oxygen atoms in total. The fourth-order valence-corrected chi connectivity index (χ4v) is 3.36. The molecule has 2 aromatic rings. The molecule has 1 aromatic carbocycles.